The van der Waals surface area contributed by atoms with Crippen molar-refractivity contribution in [3.63, 3.8) is 0 Å². The van der Waals surface area contributed by atoms with Gasteiger partial charge in [-0.2, -0.15) is 0 Å². The van der Waals surface area contributed by atoms with Crippen molar-refractivity contribution in [1.29, 1.82) is 0 Å². The number of anilines is 4. The van der Waals surface area contributed by atoms with Crippen molar-refractivity contribution in [2.45, 2.75) is 59.2 Å². The van der Waals surface area contributed by atoms with Crippen molar-refractivity contribution in [2.75, 3.05) is 16.5 Å². The lowest BCUT2D eigenvalue weighted by Crippen LogP contribution is -2.25. The van der Waals surface area contributed by atoms with Gasteiger partial charge in [-0.15, -0.1) is 0 Å². The fourth-order valence-electron chi connectivity index (χ4n) is 9.53. The van der Waals surface area contributed by atoms with E-state index < -0.39 is 6.85 Å². The van der Waals surface area contributed by atoms with Crippen molar-refractivity contribution in [3.8, 4) is 50.7 Å². The molecule has 0 unspecified atom stereocenters. The van der Waals surface area contributed by atoms with Crippen LogP contribution in [0.1, 0.15) is 62.3 Å². The van der Waals surface area contributed by atoms with E-state index in [-0.39, 0.29) is 16.4 Å². The third kappa shape index (κ3) is 7.98. The molecule has 0 N–H and O–H groups in total. The Labute approximate surface area is 404 Å². The summed E-state index contributed by atoms with van der Waals surface area (Å²) < 4.78 is 34.9. The van der Waals surface area contributed by atoms with Crippen LogP contribution >= 0.6 is 0 Å². The Hall–Kier alpha value is -7.89. The predicted molar refractivity (Wildman–Crippen MR) is 286 cm³/mol. The molecule has 0 saturated carbocycles. The maximum atomic E-state index is 8.70. The summed E-state index contributed by atoms with van der Waals surface area (Å²) in [5, 5.41) is 2.04. The molecule has 0 spiro atoms. The summed E-state index contributed by atoms with van der Waals surface area (Å²) in [6.07, 6.45) is 1.70. The highest BCUT2D eigenvalue weighted by atomic mass is 16.5. The molecule has 0 atom stereocenters. The first kappa shape index (κ1) is 39.3. The van der Waals surface area contributed by atoms with E-state index in [1.54, 1.807) is 12.3 Å². The summed E-state index contributed by atoms with van der Waals surface area (Å²) in [4.78, 5) is 9.81. The third-order valence-corrected chi connectivity index (χ3v) is 13.3. The zero-order valence-corrected chi connectivity index (χ0v) is 39.5. The van der Waals surface area contributed by atoms with Gasteiger partial charge in [0.2, 0.25) is 0 Å². The van der Waals surface area contributed by atoms with Crippen LogP contribution in [0.5, 0.6) is 11.5 Å². The average Bonchev–Trinajstić information content (AvgIpc) is 3.92. The Morgan fingerprint density at radius 2 is 1.07 bits per heavy atom. The molecule has 0 bridgehead atoms. The first-order valence-corrected chi connectivity index (χ1v) is 23.5. The van der Waals surface area contributed by atoms with Crippen LogP contribution in [-0.4, -0.2) is 16.2 Å². The lowest BCUT2D eigenvalue weighted by atomic mass is 9.80. The van der Waals surface area contributed by atoms with Crippen molar-refractivity contribution in [2.24, 2.45) is 0 Å². The first-order valence-electron chi connectivity index (χ1n) is 25.0. The smallest absolute Gasteiger partial charge is 0.137 e. The molecule has 2 aromatic heterocycles. The molecule has 0 fully saturated rings. The van der Waals surface area contributed by atoms with Crippen LogP contribution in [0.15, 0.2) is 200 Å². The largest absolute Gasteiger partial charge is 0.457 e. The van der Waals surface area contributed by atoms with Crippen LogP contribution in [0.2, 0.25) is 0 Å². The lowest BCUT2D eigenvalue weighted by molar-refractivity contribution is 0.483. The van der Waals surface area contributed by atoms with Gasteiger partial charge < -0.3 is 14.5 Å². The molecule has 0 aliphatic carbocycles. The summed E-state index contributed by atoms with van der Waals surface area (Å²) >= 11 is 0. The normalized spacial score (nSPS) is 13.6. The number of fused-ring (bicyclic) bond motifs is 4. The maximum Gasteiger partial charge on any atom is 0.137 e. The molecular weight excluding hydrogens is 829 g/mol. The molecule has 68 heavy (non-hydrogen) atoms. The summed E-state index contributed by atoms with van der Waals surface area (Å²) in [5.41, 5.74) is 14.9. The van der Waals surface area contributed by atoms with Gasteiger partial charge in [-0.3, -0.25) is 4.57 Å². The Bertz CT molecular complexity index is 3570. The van der Waals surface area contributed by atoms with Gasteiger partial charge in [-0.25, -0.2) is 4.98 Å². The van der Waals surface area contributed by atoms with E-state index in [0.29, 0.717) is 29.5 Å². The van der Waals surface area contributed by atoms with Gasteiger partial charge in [0.15, 0.2) is 0 Å². The van der Waals surface area contributed by atoms with E-state index in [1.807, 2.05) is 77.4 Å². The van der Waals surface area contributed by atoms with Gasteiger partial charge in [0.1, 0.15) is 24.0 Å². The van der Waals surface area contributed by atoms with Crippen LogP contribution in [0.4, 0.5) is 22.7 Å². The summed E-state index contributed by atoms with van der Waals surface area (Å²) in [7, 11) is 0. The minimum atomic E-state index is -2.40. The molecule has 0 saturated heterocycles. The fraction of sp³-hybridized carbons (Fsp3) is 0.159. The highest BCUT2D eigenvalue weighted by Crippen LogP contribution is 2.48. The number of pyridine rings is 1. The number of rotatable bonds is 8. The van der Waals surface area contributed by atoms with E-state index >= 15 is 0 Å². The van der Waals surface area contributed by atoms with E-state index in [1.165, 1.54) is 27.9 Å². The molecule has 5 nitrogen and oxygen atoms in total. The van der Waals surface area contributed by atoms with Crippen molar-refractivity contribution in [1.82, 2.24) is 9.55 Å². The zero-order chi connectivity index (χ0) is 49.2. The Balaban J connectivity index is 0.959. The second-order valence-corrected chi connectivity index (χ2v) is 20.0. The average molecular weight is 888 g/mol. The van der Waals surface area contributed by atoms with Crippen LogP contribution < -0.4 is 14.5 Å². The molecule has 0 amide bonds. The molecule has 3 heterocycles. The number of aryl methyl sites for hydroxylation is 1. The molecule has 334 valence electrons. The molecule has 8 aromatic carbocycles. The number of nitrogens with zero attached hydrogens (tertiary/aromatic N) is 4. The maximum absolute atomic E-state index is 8.70. The number of ether oxygens (including phenoxy) is 1. The highest BCUT2D eigenvalue weighted by Gasteiger charge is 2.31. The molecule has 10 aromatic rings. The zero-order valence-electron chi connectivity index (χ0n) is 42.5. The van der Waals surface area contributed by atoms with E-state index in [0.717, 1.165) is 55.6 Å². The summed E-state index contributed by atoms with van der Waals surface area (Å²) in [6.45, 7) is 11.9. The van der Waals surface area contributed by atoms with Crippen LogP contribution in [0.25, 0.3) is 61.0 Å². The highest BCUT2D eigenvalue weighted by molar-refractivity contribution is 6.09. The Kier molecular flexibility index (Phi) is 9.69. The lowest BCUT2D eigenvalue weighted by Gasteiger charge is -2.29. The first-order chi connectivity index (χ1) is 34.1. The van der Waals surface area contributed by atoms with Gasteiger partial charge in [0.25, 0.3) is 0 Å². The minimum absolute atomic E-state index is 0.0361. The van der Waals surface area contributed by atoms with Crippen molar-refractivity contribution in [3.05, 3.63) is 217 Å². The second kappa shape index (κ2) is 16.8. The van der Waals surface area contributed by atoms with Crippen LogP contribution in [0, 0.1) is 6.85 Å². The molecule has 1 aliphatic heterocycles. The number of para-hydroxylation sites is 1. The third-order valence-electron chi connectivity index (χ3n) is 13.3. The van der Waals surface area contributed by atoms with E-state index in [2.05, 4.69) is 167 Å². The van der Waals surface area contributed by atoms with Crippen molar-refractivity contribution < 1.29 is 8.85 Å². The molecule has 5 heteroatoms. The molecule has 11 rings (SSSR count). The molecule has 1 aliphatic rings. The van der Waals surface area contributed by atoms with Crippen LogP contribution in [-0.2, 0) is 10.8 Å². The monoisotopic (exact) mass is 887 g/mol. The SMILES string of the molecule is [2H]C([2H])([2H])c1cc(-n2c3ccccc3c3ccc(Oc4cccc(N5CN(c6cc(C(C)(C)C)cc(C(C)(C)C)c6)c6cc(-c7ccccc7)ccc65)c4)cc32)ncc1-c1ccc(-c2ccccc2)cc1. The summed E-state index contributed by atoms with van der Waals surface area (Å²) in [6, 6.07) is 67.0. The Morgan fingerprint density at radius 3 is 1.78 bits per heavy atom. The van der Waals surface area contributed by atoms with E-state index in [4.69, 9.17) is 13.8 Å². The number of benzene rings is 8. The van der Waals surface area contributed by atoms with E-state index in [9.17, 15) is 0 Å². The molecule has 0 radical (unpaired) electrons. The Morgan fingerprint density at radius 1 is 0.471 bits per heavy atom. The number of aromatic nitrogens is 2. The summed E-state index contributed by atoms with van der Waals surface area (Å²) in [5.74, 6) is 1.86. The van der Waals surface area contributed by atoms with Gasteiger partial charge in [-0.05, 0) is 123 Å². The fourth-order valence-corrected chi connectivity index (χ4v) is 9.53. The minimum Gasteiger partial charge on any atom is -0.457 e. The number of hydrogen-bond donors (Lipinski definition) is 0. The quantitative estimate of drug-likeness (QED) is 0.152. The van der Waals surface area contributed by atoms with Crippen LogP contribution in [0.3, 0.4) is 0 Å². The van der Waals surface area contributed by atoms with Gasteiger partial charge in [-0.1, -0.05) is 163 Å². The predicted octanol–water partition coefficient (Wildman–Crippen LogP) is 17.1. The second-order valence-electron chi connectivity index (χ2n) is 20.0. The van der Waals surface area contributed by atoms with Gasteiger partial charge in [0.05, 0.1) is 22.4 Å². The molecular formula is C63H56N4O. The topological polar surface area (TPSA) is 33.5 Å². The van der Waals surface area contributed by atoms with Gasteiger partial charge >= 0.3 is 0 Å². The standard InChI is InChI=1S/C63H56N4O/c1-42-33-61(64-40-56(42)46-27-25-45(26-28-46)43-17-10-8-11-18-43)67-57-24-15-14-23-54(57)55-31-30-53(39-59(55)67)68-52-22-16-21-50(38-52)65-41-66(51-36-48(62(2,3)4)35-49(37-51)63(5,6)7)60-34-47(29-32-58(60)65)44-19-12-9-13-20-44/h8-40H,41H2,1-7H3/i1D3. The number of hydrogen-bond acceptors (Lipinski definition) is 4. The van der Waals surface area contributed by atoms with Crippen molar-refractivity contribution >= 4 is 44.6 Å². The van der Waals surface area contributed by atoms with Gasteiger partial charge in [0, 0.05) is 50.2 Å².